The molecule has 0 aliphatic heterocycles. The minimum atomic E-state index is 0.753. The van der Waals surface area contributed by atoms with Crippen LogP contribution in [-0.2, 0) is 0 Å². The molecule has 0 bridgehead atoms. The van der Waals surface area contributed by atoms with E-state index >= 15 is 0 Å². The molecule has 4 nitrogen and oxygen atoms in total. The maximum absolute atomic E-state index is 4.01. The third kappa shape index (κ3) is 1.09. The number of halogens is 1. The van der Waals surface area contributed by atoms with Gasteiger partial charge < -0.3 is 0 Å². The van der Waals surface area contributed by atoms with Gasteiger partial charge in [0.1, 0.15) is 3.70 Å². The van der Waals surface area contributed by atoms with Gasteiger partial charge in [-0.25, -0.2) is 0 Å². The Balaban J connectivity index is 2.87. The molecular formula is C6H5IN4. The number of aromatic amines is 1. The third-order valence-electron chi connectivity index (χ3n) is 1.48. The zero-order valence-electron chi connectivity index (χ0n) is 5.80. The van der Waals surface area contributed by atoms with Gasteiger partial charge in [-0.2, -0.15) is 5.10 Å². The Morgan fingerprint density at radius 1 is 1.45 bits per heavy atom. The molecule has 5 heteroatoms. The number of rotatable bonds is 0. The first-order valence-electron chi connectivity index (χ1n) is 3.11. The van der Waals surface area contributed by atoms with E-state index in [1.807, 2.05) is 13.0 Å². The average molecular weight is 260 g/mol. The van der Waals surface area contributed by atoms with Crippen LogP contribution in [0.1, 0.15) is 5.69 Å². The van der Waals surface area contributed by atoms with Crippen LogP contribution in [0, 0.1) is 10.6 Å². The first-order chi connectivity index (χ1) is 5.27. The van der Waals surface area contributed by atoms with Gasteiger partial charge in [-0.05, 0) is 35.6 Å². The van der Waals surface area contributed by atoms with Crippen molar-refractivity contribution in [3.8, 4) is 0 Å². The van der Waals surface area contributed by atoms with Crippen molar-refractivity contribution in [2.45, 2.75) is 6.92 Å². The molecule has 2 heterocycles. The highest BCUT2D eigenvalue weighted by molar-refractivity contribution is 14.1. The van der Waals surface area contributed by atoms with Gasteiger partial charge in [-0.1, -0.05) is 0 Å². The molecule has 2 aromatic heterocycles. The van der Waals surface area contributed by atoms with Crippen molar-refractivity contribution >= 4 is 33.6 Å². The quantitative estimate of drug-likeness (QED) is 0.725. The van der Waals surface area contributed by atoms with E-state index in [2.05, 4.69) is 43.0 Å². The lowest BCUT2D eigenvalue weighted by Gasteiger charge is -1.87. The molecule has 0 fully saturated rings. The first kappa shape index (κ1) is 6.96. The van der Waals surface area contributed by atoms with Crippen molar-refractivity contribution in [1.82, 2.24) is 20.4 Å². The summed E-state index contributed by atoms with van der Waals surface area (Å²) in [6, 6.07) is 1.96. The molecule has 0 atom stereocenters. The number of aryl methyl sites for hydroxylation is 1. The smallest absolute Gasteiger partial charge is 0.178 e. The van der Waals surface area contributed by atoms with Gasteiger partial charge in [0.25, 0.3) is 0 Å². The van der Waals surface area contributed by atoms with E-state index in [-0.39, 0.29) is 0 Å². The van der Waals surface area contributed by atoms with Crippen LogP contribution in [0.4, 0.5) is 0 Å². The Labute approximate surface area is 76.5 Å². The predicted molar refractivity (Wildman–Crippen MR) is 49.1 cm³/mol. The topological polar surface area (TPSA) is 54.5 Å². The second-order valence-corrected chi connectivity index (χ2v) is 3.34. The molecule has 1 N–H and O–H groups in total. The summed E-state index contributed by atoms with van der Waals surface area (Å²) in [5, 5.41) is 15.7. The molecule has 0 saturated carbocycles. The van der Waals surface area contributed by atoms with E-state index in [1.54, 1.807) is 0 Å². The highest BCUT2D eigenvalue weighted by Crippen LogP contribution is 2.13. The summed E-state index contributed by atoms with van der Waals surface area (Å²) >= 11 is 2.13. The monoisotopic (exact) mass is 260 g/mol. The van der Waals surface area contributed by atoms with E-state index in [9.17, 15) is 0 Å². The number of aromatic nitrogens is 4. The molecule has 2 rings (SSSR count). The number of hydrogen-bond donors (Lipinski definition) is 1. The fraction of sp³-hybridized carbons (Fsp3) is 0.167. The van der Waals surface area contributed by atoms with E-state index in [0.717, 1.165) is 20.4 Å². The Morgan fingerprint density at radius 2 is 2.27 bits per heavy atom. The maximum atomic E-state index is 4.01. The number of hydrogen-bond acceptors (Lipinski definition) is 3. The summed E-state index contributed by atoms with van der Waals surface area (Å²) in [5.74, 6) is 0. The molecule has 11 heavy (non-hydrogen) atoms. The molecule has 0 aliphatic carbocycles. The van der Waals surface area contributed by atoms with Crippen molar-refractivity contribution in [3.63, 3.8) is 0 Å². The molecule has 0 radical (unpaired) electrons. The highest BCUT2D eigenvalue weighted by Gasteiger charge is 2.02. The van der Waals surface area contributed by atoms with Crippen LogP contribution in [0.15, 0.2) is 6.07 Å². The van der Waals surface area contributed by atoms with E-state index in [0.29, 0.717) is 0 Å². The lowest BCUT2D eigenvalue weighted by molar-refractivity contribution is 0.996. The van der Waals surface area contributed by atoms with Crippen molar-refractivity contribution < 1.29 is 0 Å². The predicted octanol–water partition coefficient (Wildman–Crippen LogP) is 1.27. The summed E-state index contributed by atoms with van der Waals surface area (Å²) in [6.45, 7) is 1.94. The van der Waals surface area contributed by atoms with Gasteiger partial charge in [-0.3, -0.25) is 5.10 Å². The van der Waals surface area contributed by atoms with Crippen molar-refractivity contribution in [2.75, 3.05) is 0 Å². The van der Waals surface area contributed by atoms with Gasteiger partial charge in [0, 0.05) is 5.39 Å². The number of H-pyrrole nitrogens is 1. The third-order valence-corrected chi connectivity index (χ3v) is 2.01. The molecule has 0 aromatic carbocycles. The zero-order valence-corrected chi connectivity index (χ0v) is 7.95. The Morgan fingerprint density at radius 3 is 3.09 bits per heavy atom. The van der Waals surface area contributed by atoms with Crippen LogP contribution in [0.3, 0.4) is 0 Å². The molecule has 56 valence electrons. The van der Waals surface area contributed by atoms with Crippen molar-refractivity contribution in [3.05, 3.63) is 15.5 Å². The lowest BCUT2D eigenvalue weighted by atomic mass is 10.3. The van der Waals surface area contributed by atoms with Gasteiger partial charge in [0.05, 0.1) is 5.69 Å². The average Bonchev–Trinajstić information content (AvgIpc) is 2.33. The summed E-state index contributed by atoms with van der Waals surface area (Å²) in [4.78, 5) is 0. The Bertz CT molecular complexity index is 394. The molecule has 0 saturated heterocycles. The number of nitrogens with zero attached hydrogens (tertiary/aromatic N) is 3. The molecule has 0 amide bonds. The second-order valence-electron chi connectivity index (χ2n) is 2.24. The molecule has 2 aromatic rings. The first-order valence-corrected chi connectivity index (χ1v) is 4.19. The summed E-state index contributed by atoms with van der Waals surface area (Å²) in [7, 11) is 0. The summed E-state index contributed by atoms with van der Waals surface area (Å²) < 4.78 is 0.889. The second kappa shape index (κ2) is 2.40. The van der Waals surface area contributed by atoms with Crippen LogP contribution in [0.25, 0.3) is 11.0 Å². The lowest BCUT2D eigenvalue weighted by Crippen LogP contribution is -1.85. The minimum absolute atomic E-state index is 0.753. The van der Waals surface area contributed by atoms with Gasteiger partial charge in [0.15, 0.2) is 5.65 Å². The van der Waals surface area contributed by atoms with Gasteiger partial charge in [0.2, 0.25) is 0 Å². The Kier molecular flexibility index (Phi) is 1.52. The van der Waals surface area contributed by atoms with Crippen LogP contribution < -0.4 is 0 Å². The van der Waals surface area contributed by atoms with Crippen molar-refractivity contribution in [2.24, 2.45) is 0 Å². The van der Waals surface area contributed by atoms with Crippen LogP contribution in [0.2, 0.25) is 0 Å². The zero-order chi connectivity index (χ0) is 7.84. The highest BCUT2D eigenvalue weighted by atomic mass is 127. The number of fused-ring (bicyclic) bond motifs is 1. The summed E-state index contributed by atoms with van der Waals surface area (Å²) in [5.41, 5.74) is 1.72. The largest absolute Gasteiger partial charge is 0.259 e. The van der Waals surface area contributed by atoms with E-state index < -0.39 is 0 Å². The molecular weight excluding hydrogens is 255 g/mol. The minimum Gasteiger partial charge on any atom is -0.259 e. The van der Waals surface area contributed by atoms with Crippen LogP contribution in [0.5, 0.6) is 0 Å². The van der Waals surface area contributed by atoms with E-state index in [1.165, 1.54) is 0 Å². The molecule has 0 unspecified atom stereocenters. The Hall–Kier alpha value is -0.720. The van der Waals surface area contributed by atoms with Crippen molar-refractivity contribution in [1.29, 1.82) is 0 Å². The molecule has 0 spiro atoms. The fourth-order valence-corrected chi connectivity index (χ4v) is 1.34. The SMILES string of the molecule is Cc1n[nH]c2nnc(I)cc12. The van der Waals surface area contributed by atoms with Crippen LogP contribution >= 0.6 is 22.6 Å². The van der Waals surface area contributed by atoms with Gasteiger partial charge in [-0.15, -0.1) is 10.2 Å². The summed E-state index contributed by atoms with van der Waals surface area (Å²) in [6.07, 6.45) is 0. The fourth-order valence-electron chi connectivity index (χ4n) is 0.923. The normalized spacial score (nSPS) is 10.7. The molecule has 0 aliphatic rings. The maximum Gasteiger partial charge on any atom is 0.178 e. The van der Waals surface area contributed by atoms with Gasteiger partial charge >= 0.3 is 0 Å². The van der Waals surface area contributed by atoms with E-state index in [4.69, 9.17) is 0 Å². The standard InChI is InChI=1S/C6H5IN4/c1-3-4-2-5(7)9-11-6(4)10-8-3/h2H,1H3,(H,8,10,11). The van der Waals surface area contributed by atoms with Crippen LogP contribution in [-0.4, -0.2) is 20.4 Å². The number of nitrogens with one attached hydrogen (secondary N) is 1.